The first-order chi connectivity index (χ1) is 8.95. The van der Waals surface area contributed by atoms with Gasteiger partial charge in [-0.3, -0.25) is 4.79 Å². The Bertz CT molecular complexity index is 435. The molecule has 4 nitrogen and oxygen atoms in total. The Morgan fingerprint density at radius 3 is 2.68 bits per heavy atom. The van der Waals surface area contributed by atoms with Crippen LogP contribution in [0.25, 0.3) is 0 Å². The molecule has 0 aliphatic rings. The lowest BCUT2D eigenvalue weighted by Gasteiger charge is -2.18. The zero-order valence-corrected chi connectivity index (χ0v) is 12.3. The Morgan fingerprint density at radius 2 is 2.11 bits per heavy atom. The van der Waals surface area contributed by atoms with Gasteiger partial charge in [-0.05, 0) is 18.9 Å². The summed E-state index contributed by atoms with van der Waals surface area (Å²) in [6, 6.07) is 5.45. The lowest BCUT2D eigenvalue weighted by Crippen LogP contribution is -2.39. The molecule has 1 aromatic carbocycles. The molecule has 1 rings (SSSR count). The summed E-state index contributed by atoms with van der Waals surface area (Å²) in [5.41, 5.74) is 6.40. The minimum Gasteiger partial charge on any atom is -0.482 e. The molecule has 0 bridgehead atoms. The second-order valence-electron chi connectivity index (χ2n) is 4.82. The number of carbonyl (C=O) groups is 1. The average molecular weight is 285 g/mol. The van der Waals surface area contributed by atoms with E-state index in [1.54, 1.807) is 12.1 Å². The molecular weight excluding hydrogens is 264 g/mol. The van der Waals surface area contributed by atoms with E-state index in [0.717, 1.165) is 5.56 Å². The summed E-state index contributed by atoms with van der Waals surface area (Å²) in [4.78, 5) is 11.7. The molecule has 0 radical (unpaired) electrons. The summed E-state index contributed by atoms with van der Waals surface area (Å²) < 4.78 is 5.48. The zero-order valence-electron chi connectivity index (χ0n) is 11.6. The minimum absolute atomic E-state index is 0.0617. The smallest absolute Gasteiger partial charge is 0.258 e. The Balaban J connectivity index is 2.60. The first-order valence-corrected chi connectivity index (χ1v) is 6.73. The Morgan fingerprint density at radius 1 is 1.42 bits per heavy atom. The van der Waals surface area contributed by atoms with Crippen molar-refractivity contribution >= 4 is 17.5 Å². The van der Waals surface area contributed by atoms with Crippen LogP contribution in [-0.2, 0) is 11.3 Å². The fraction of sp³-hybridized carbons (Fsp3) is 0.500. The highest BCUT2D eigenvalue weighted by molar-refractivity contribution is 6.32. The number of hydrogen-bond donors (Lipinski definition) is 2. The molecule has 5 heteroatoms. The molecular formula is C14H21ClN2O2. The van der Waals surface area contributed by atoms with Gasteiger partial charge in [0.1, 0.15) is 5.75 Å². The summed E-state index contributed by atoms with van der Waals surface area (Å²) in [6.07, 6.45) is 0. The van der Waals surface area contributed by atoms with Gasteiger partial charge >= 0.3 is 0 Å². The molecule has 1 atom stereocenters. The standard InChI is InChI=1S/C14H21ClN2O2/c1-9(2)10(3)17-13(18)8-19-14-11(7-16)5-4-6-12(14)15/h4-6,9-10H,7-8,16H2,1-3H3,(H,17,18). The van der Waals surface area contributed by atoms with Crippen LogP contribution >= 0.6 is 11.6 Å². The van der Waals surface area contributed by atoms with Gasteiger partial charge in [0.2, 0.25) is 0 Å². The van der Waals surface area contributed by atoms with Gasteiger partial charge in [0.05, 0.1) is 5.02 Å². The Kier molecular flexibility index (Phi) is 6.12. The average Bonchev–Trinajstić information content (AvgIpc) is 2.36. The van der Waals surface area contributed by atoms with Crippen molar-refractivity contribution in [3.63, 3.8) is 0 Å². The Labute approximate surface area is 119 Å². The highest BCUT2D eigenvalue weighted by atomic mass is 35.5. The summed E-state index contributed by atoms with van der Waals surface area (Å²) >= 11 is 6.04. The van der Waals surface area contributed by atoms with Crippen molar-refractivity contribution in [2.45, 2.75) is 33.4 Å². The van der Waals surface area contributed by atoms with Gasteiger partial charge in [-0.1, -0.05) is 37.6 Å². The number of hydrogen-bond acceptors (Lipinski definition) is 3. The van der Waals surface area contributed by atoms with Gasteiger partial charge in [0.25, 0.3) is 5.91 Å². The van der Waals surface area contributed by atoms with Crippen LogP contribution in [0.2, 0.25) is 5.02 Å². The van der Waals surface area contributed by atoms with Gasteiger partial charge in [-0.25, -0.2) is 0 Å². The number of halogens is 1. The van der Waals surface area contributed by atoms with E-state index in [1.165, 1.54) is 0 Å². The molecule has 1 unspecified atom stereocenters. The summed E-state index contributed by atoms with van der Waals surface area (Å²) in [5, 5.41) is 3.33. The Hall–Kier alpha value is -1.26. The molecule has 3 N–H and O–H groups in total. The number of nitrogens with two attached hydrogens (primary N) is 1. The first kappa shape index (κ1) is 15.8. The number of para-hydroxylation sites is 1. The highest BCUT2D eigenvalue weighted by Crippen LogP contribution is 2.28. The number of benzene rings is 1. The van der Waals surface area contributed by atoms with Crippen molar-refractivity contribution in [3.05, 3.63) is 28.8 Å². The molecule has 0 heterocycles. The van der Waals surface area contributed by atoms with Crippen LogP contribution in [0.5, 0.6) is 5.75 Å². The maximum atomic E-state index is 11.7. The molecule has 0 aliphatic heterocycles. The maximum absolute atomic E-state index is 11.7. The van der Waals surface area contributed by atoms with Crippen LogP contribution in [0.1, 0.15) is 26.3 Å². The van der Waals surface area contributed by atoms with E-state index < -0.39 is 0 Å². The topological polar surface area (TPSA) is 64.3 Å². The van der Waals surface area contributed by atoms with Crippen molar-refractivity contribution in [2.24, 2.45) is 11.7 Å². The largest absolute Gasteiger partial charge is 0.482 e. The normalized spacial score (nSPS) is 12.3. The summed E-state index contributed by atoms with van der Waals surface area (Å²) in [7, 11) is 0. The van der Waals surface area contributed by atoms with Crippen molar-refractivity contribution in [1.82, 2.24) is 5.32 Å². The lowest BCUT2D eigenvalue weighted by atomic mass is 10.1. The van der Waals surface area contributed by atoms with Crippen LogP contribution in [0, 0.1) is 5.92 Å². The molecule has 1 aromatic rings. The second kappa shape index (κ2) is 7.36. The molecule has 0 fully saturated rings. The SMILES string of the molecule is CC(C)C(C)NC(=O)COc1c(Cl)cccc1CN. The zero-order chi connectivity index (χ0) is 14.4. The second-order valence-corrected chi connectivity index (χ2v) is 5.23. The van der Waals surface area contributed by atoms with Gasteiger partial charge in [0, 0.05) is 18.2 Å². The van der Waals surface area contributed by atoms with Crippen LogP contribution in [-0.4, -0.2) is 18.6 Å². The highest BCUT2D eigenvalue weighted by Gasteiger charge is 2.13. The lowest BCUT2D eigenvalue weighted by molar-refractivity contribution is -0.124. The molecule has 0 spiro atoms. The van der Waals surface area contributed by atoms with Crippen LogP contribution < -0.4 is 15.8 Å². The summed E-state index contributed by atoms with van der Waals surface area (Å²) in [5.74, 6) is 0.701. The third-order valence-electron chi connectivity index (χ3n) is 3.00. The molecule has 1 amide bonds. The van der Waals surface area contributed by atoms with E-state index in [2.05, 4.69) is 5.32 Å². The third kappa shape index (κ3) is 4.73. The van der Waals surface area contributed by atoms with Crippen molar-refractivity contribution in [2.75, 3.05) is 6.61 Å². The van der Waals surface area contributed by atoms with Gasteiger partial charge in [-0.15, -0.1) is 0 Å². The van der Waals surface area contributed by atoms with Crippen molar-refractivity contribution < 1.29 is 9.53 Å². The number of ether oxygens (including phenoxy) is 1. The van der Waals surface area contributed by atoms with Crippen LogP contribution in [0.15, 0.2) is 18.2 Å². The summed E-state index contributed by atoms with van der Waals surface area (Å²) in [6.45, 7) is 6.32. The fourth-order valence-electron chi connectivity index (χ4n) is 1.48. The molecule has 0 saturated carbocycles. The van der Waals surface area contributed by atoms with Gasteiger partial charge in [0.15, 0.2) is 6.61 Å². The quantitative estimate of drug-likeness (QED) is 0.843. The van der Waals surface area contributed by atoms with E-state index in [-0.39, 0.29) is 18.6 Å². The molecule has 19 heavy (non-hydrogen) atoms. The molecule has 0 aliphatic carbocycles. The predicted octanol–water partition coefficient (Wildman–Crippen LogP) is 2.34. The number of carbonyl (C=O) groups excluding carboxylic acids is 1. The first-order valence-electron chi connectivity index (χ1n) is 6.35. The van der Waals surface area contributed by atoms with E-state index in [9.17, 15) is 4.79 Å². The van der Waals surface area contributed by atoms with E-state index >= 15 is 0 Å². The fourth-order valence-corrected chi connectivity index (χ4v) is 1.72. The van der Waals surface area contributed by atoms with Crippen molar-refractivity contribution in [1.29, 1.82) is 0 Å². The number of nitrogens with one attached hydrogen (secondary N) is 1. The predicted molar refractivity (Wildman–Crippen MR) is 77.3 cm³/mol. The molecule has 0 aromatic heterocycles. The number of amides is 1. The molecule has 0 saturated heterocycles. The maximum Gasteiger partial charge on any atom is 0.258 e. The number of rotatable bonds is 6. The van der Waals surface area contributed by atoms with E-state index in [0.29, 0.717) is 23.2 Å². The van der Waals surface area contributed by atoms with Crippen LogP contribution in [0.3, 0.4) is 0 Å². The third-order valence-corrected chi connectivity index (χ3v) is 3.30. The van der Waals surface area contributed by atoms with Crippen LogP contribution in [0.4, 0.5) is 0 Å². The minimum atomic E-state index is -0.163. The van der Waals surface area contributed by atoms with Crippen molar-refractivity contribution in [3.8, 4) is 5.75 Å². The van der Waals surface area contributed by atoms with E-state index in [4.69, 9.17) is 22.1 Å². The van der Waals surface area contributed by atoms with Gasteiger partial charge in [-0.2, -0.15) is 0 Å². The van der Waals surface area contributed by atoms with Gasteiger partial charge < -0.3 is 15.8 Å². The monoisotopic (exact) mass is 284 g/mol. The molecule has 106 valence electrons. The van der Waals surface area contributed by atoms with E-state index in [1.807, 2.05) is 26.8 Å².